The van der Waals surface area contributed by atoms with Crippen molar-refractivity contribution >= 4 is 0 Å². The minimum atomic E-state index is -0.184. The van der Waals surface area contributed by atoms with E-state index in [1.165, 1.54) is 12.1 Å². The van der Waals surface area contributed by atoms with Gasteiger partial charge in [-0.25, -0.2) is 9.97 Å². The molecule has 1 unspecified atom stereocenters. The number of nitrogens with two attached hydrogens (primary N) is 1. The van der Waals surface area contributed by atoms with Gasteiger partial charge in [0.1, 0.15) is 0 Å². The molecule has 1 atom stereocenters. The first-order valence-electron chi connectivity index (χ1n) is 5.65. The highest BCUT2D eigenvalue weighted by Gasteiger charge is 2.06. The average Bonchev–Trinajstić information content (AvgIpc) is 2.33. The van der Waals surface area contributed by atoms with Crippen LogP contribution in [0.15, 0.2) is 30.6 Å². The van der Waals surface area contributed by atoms with Crippen molar-refractivity contribution < 1.29 is 10.2 Å². The third-order valence-electron chi connectivity index (χ3n) is 2.50. The van der Waals surface area contributed by atoms with Crippen LogP contribution in [0.2, 0.25) is 0 Å². The van der Waals surface area contributed by atoms with Crippen LogP contribution in [0, 0.1) is 0 Å². The Morgan fingerprint density at radius 3 is 2.39 bits per heavy atom. The molecule has 0 bridgehead atoms. The highest BCUT2D eigenvalue weighted by molar-refractivity contribution is 5.60. The SMILES string of the molecule is CC(N)Cc1cnc(-c2ccc(O)c(O)c2)nc1. The zero-order valence-electron chi connectivity index (χ0n) is 10.0. The molecule has 1 aromatic heterocycles. The highest BCUT2D eigenvalue weighted by Crippen LogP contribution is 2.28. The lowest BCUT2D eigenvalue weighted by Crippen LogP contribution is -2.18. The fraction of sp³-hybridized carbons (Fsp3) is 0.231. The third-order valence-corrected chi connectivity index (χ3v) is 2.50. The van der Waals surface area contributed by atoms with Crippen LogP contribution in [-0.2, 0) is 6.42 Å². The van der Waals surface area contributed by atoms with E-state index in [0.717, 1.165) is 12.0 Å². The number of benzene rings is 1. The van der Waals surface area contributed by atoms with Crippen LogP contribution < -0.4 is 5.73 Å². The van der Waals surface area contributed by atoms with Crippen LogP contribution >= 0.6 is 0 Å². The molecule has 1 heterocycles. The summed E-state index contributed by atoms with van der Waals surface area (Å²) in [7, 11) is 0. The van der Waals surface area contributed by atoms with E-state index in [1.807, 2.05) is 6.92 Å². The Balaban J connectivity index is 2.25. The van der Waals surface area contributed by atoms with Gasteiger partial charge in [0, 0.05) is 24.0 Å². The van der Waals surface area contributed by atoms with E-state index in [-0.39, 0.29) is 17.5 Å². The maximum atomic E-state index is 9.41. The molecule has 0 fully saturated rings. The molecule has 0 aliphatic carbocycles. The molecule has 0 aliphatic heterocycles. The average molecular weight is 245 g/mol. The molecule has 5 nitrogen and oxygen atoms in total. The molecule has 0 spiro atoms. The van der Waals surface area contributed by atoms with Gasteiger partial charge < -0.3 is 15.9 Å². The molecular weight excluding hydrogens is 230 g/mol. The predicted molar refractivity (Wildman–Crippen MR) is 68.2 cm³/mol. The smallest absolute Gasteiger partial charge is 0.159 e. The van der Waals surface area contributed by atoms with Gasteiger partial charge in [-0.1, -0.05) is 0 Å². The molecule has 2 aromatic rings. The summed E-state index contributed by atoms with van der Waals surface area (Å²) in [6, 6.07) is 4.55. The van der Waals surface area contributed by atoms with Gasteiger partial charge in [0.15, 0.2) is 17.3 Å². The quantitative estimate of drug-likeness (QED) is 0.712. The van der Waals surface area contributed by atoms with Crippen molar-refractivity contribution in [3.8, 4) is 22.9 Å². The number of phenolic OH excluding ortho intramolecular Hbond substituents is 2. The lowest BCUT2D eigenvalue weighted by molar-refractivity contribution is 0.404. The van der Waals surface area contributed by atoms with Crippen molar-refractivity contribution in [2.24, 2.45) is 5.73 Å². The Hall–Kier alpha value is -2.14. The number of aromatic nitrogens is 2. The second-order valence-electron chi connectivity index (χ2n) is 4.30. The molecular formula is C13H15N3O2. The number of nitrogens with zero attached hydrogens (tertiary/aromatic N) is 2. The molecule has 18 heavy (non-hydrogen) atoms. The standard InChI is InChI=1S/C13H15N3O2/c1-8(14)4-9-6-15-13(16-7-9)10-2-3-11(17)12(18)5-10/h2-3,5-8,17-18H,4,14H2,1H3. The summed E-state index contributed by atoms with van der Waals surface area (Å²) in [5.74, 6) is 0.154. The van der Waals surface area contributed by atoms with E-state index < -0.39 is 0 Å². The maximum absolute atomic E-state index is 9.41. The lowest BCUT2D eigenvalue weighted by Gasteiger charge is -2.06. The molecule has 0 amide bonds. The fourth-order valence-corrected chi connectivity index (χ4v) is 1.64. The van der Waals surface area contributed by atoms with Crippen molar-refractivity contribution in [3.63, 3.8) is 0 Å². The van der Waals surface area contributed by atoms with Crippen molar-refractivity contribution in [2.45, 2.75) is 19.4 Å². The van der Waals surface area contributed by atoms with Gasteiger partial charge in [0.05, 0.1) is 0 Å². The molecule has 1 aromatic carbocycles. The molecule has 4 N–H and O–H groups in total. The minimum absolute atomic E-state index is 0.0668. The molecule has 2 rings (SSSR count). The topological polar surface area (TPSA) is 92.3 Å². The van der Waals surface area contributed by atoms with Crippen LogP contribution in [0.1, 0.15) is 12.5 Å². The Labute approximate surface area is 105 Å². The second kappa shape index (κ2) is 5.01. The van der Waals surface area contributed by atoms with E-state index in [2.05, 4.69) is 9.97 Å². The van der Waals surface area contributed by atoms with E-state index in [0.29, 0.717) is 11.4 Å². The van der Waals surface area contributed by atoms with Gasteiger partial charge in [-0.2, -0.15) is 0 Å². The molecule has 0 aliphatic rings. The van der Waals surface area contributed by atoms with Crippen molar-refractivity contribution in [3.05, 3.63) is 36.2 Å². The second-order valence-corrected chi connectivity index (χ2v) is 4.30. The summed E-state index contributed by atoms with van der Waals surface area (Å²) in [5.41, 5.74) is 7.31. The molecule has 5 heteroatoms. The summed E-state index contributed by atoms with van der Waals surface area (Å²) in [6.07, 6.45) is 4.16. The Kier molecular flexibility index (Phi) is 3.43. The van der Waals surface area contributed by atoms with Gasteiger partial charge in [0.2, 0.25) is 0 Å². The summed E-state index contributed by atoms with van der Waals surface area (Å²) in [6.45, 7) is 1.92. The van der Waals surface area contributed by atoms with Gasteiger partial charge in [-0.05, 0) is 37.1 Å². The van der Waals surface area contributed by atoms with Gasteiger partial charge in [-0.15, -0.1) is 0 Å². The van der Waals surface area contributed by atoms with Crippen molar-refractivity contribution in [2.75, 3.05) is 0 Å². The first-order valence-corrected chi connectivity index (χ1v) is 5.65. The monoisotopic (exact) mass is 245 g/mol. The Morgan fingerprint density at radius 2 is 1.83 bits per heavy atom. The third kappa shape index (κ3) is 2.75. The normalized spacial score (nSPS) is 12.3. The van der Waals surface area contributed by atoms with Crippen LogP contribution in [0.4, 0.5) is 0 Å². The number of aromatic hydroxyl groups is 2. The summed E-state index contributed by atoms with van der Waals surface area (Å²) >= 11 is 0. The first-order chi connectivity index (χ1) is 8.56. The van der Waals surface area contributed by atoms with E-state index >= 15 is 0 Å². The van der Waals surface area contributed by atoms with Crippen LogP contribution in [0.3, 0.4) is 0 Å². The summed E-state index contributed by atoms with van der Waals surface area (Å²) < 4.78 is 0. The van der Waals surface area contributed by atoms with E-state index in [9.17, 15) is 10.2 Å². The number of hydrogen-bond donors (Lipinski definition) is 3. The van der Waals surface area contributed by atoms with E-state index in [4.69, 9.17) is 5.73 Å². The zero-order valence-corrected chi connectivity index (χ0v) is 10.0. The van der Waals surface area contributed by atoms with Crippen LogP contribution in [0.25, 0.3) is 11.4 Å². The summed E-state index contributed by atoms with van der Waals surface area (Å²) in [5, 5.41) is 18.6. The summed E-state index contributed by atoms with van der Waals surface area (Å²) in [4.78, 5) is 8.43. The number of hydrogen-bond acceptors (Lipinski definition) is 5. The van der Waals surface area contributed by atoms with Crippen molar-refractivity contribution in [1.29, 1.82) is 0 Å². The Morgan fingerprint density at radius 1 is 1.17 bits per heavy atom. The first kappa shape index (κ1) is 12.3. The molecule has 0 saturated heterocycles. The Bertz CT molecular complexity index is 538. The highest BCUT2D eigenvalue weighted by atomic mass is 16.3. The number of phenols is 2. The van der Waals surface area contributed by atoms with Gasteiger partial charge >= 0.3 is 0 Å². The minimum Gasteiger partial charge on any atom is -0.504 e. The zero-order chi connectivity index (χ0) is 13.1. The van der Waals surface area contributed by atoms with Crippen LogP contribution in [-0.4, -0.2) is 26.2 Å². The van der Waals surface area contributed by atoms with Crippen molar-refractivity contribution in [1.82, 2.24) is 9.97 Å². The fourth-order valence-electron chi connectivity index (χ4n) is 1.64. The predicted octanol–water partition coefficient (Wildman–Crippen LogP) is 1.44. The lowest BCUT2D eigenvalue weighted by atomic mass is 10.1. The number of rotatable bonds is 3. The molecule has 0 saturated carbocycles. The van der Waals surface area contributed by atoms with Gasteiger partial charge in [0.25, 0.3) is 0 Å². The van der Waals surface area contributed by atoms with E-state index in [1.54, 1.807) is 18.5 Å². The van der Waals surface area contributed by atoms with Gasteiger partial charge in [-0.3, -0.25) is 0 Å². The maximum Gasteiger partial charge on any atom is 0.159 e. The molecule has 0 radical (unpaired) electrons. The van der Waals surface area contributed by atoms with Crippen LogP contribution in [0.5, 0.6) is 11.5 Å². The largest absolute Gasteiger partial charge is 0.504 e. The molecule has 94 valence electrons.